The van der Waals surface area contributed by atoms with Crippen molar-refractivity contribution in [3.05, 3.63) is 83.0 Å². The first-order chi connectivity index (χ1) is 15.6. The minimum atomic E-state index is -1.38. The summed E-state index contributed by atoms with van der Waals surface area (Å²) in [5.41, 5.74) is 3.50. The number of aromatic nitrogens is 1. The molecule has 7 nitrogen and oxygen atoms in total. The Balaban J connectivity index is 1.30. The van der Waals surface area contributed by atoms with Crippen LogP contribution >= 0.6 is 0 Å². The van der Waals surface area contributed by atoms with Crippen molar-refractivity contribution in [2.75, 3.05) is 0 Å². The molecule has 0 spiro atoms. The number of rotatable bonds is 5. The molecule has 1 fully saturated rings. The summed E-state index contributed by atoms with van der Waals surface area (Å²) in [4.78, 5) is 15.7. The highest BCUT2D eigenvalue weighted by Crippen LogP contribution is 2.41. The Morgan fingerprint density at radius 3 is 2.69 bits per heavy atom. The molecule has 3 atom stereocenters. The number of fused-ring (bicyclic) bond motifs is 1. The van der Waals surface area contributed by atoms with Crippen molar-refractivity contribution in [3.8, 4) is 23.4 Å². The number of ether oxygens (including phenoxy) is 2. The Morgan fingerprint density at radius 1 is 1.16 bits per heavy atom. The van der Waals surface area contributed by atoms with Crippen molar-refractivity contribution in [2.45, 2.75) is 30.6 Å². The number of hydrogen-bond acceptors (Lipinski definition) is 6. The molecule has 160 valence electrons. The first-order valence-corrected chi connectivity index (χ1v) is 11.4. The average Bonchev–Trinajstić information content (AvgIpc) is 3.38. The number of amides is 1. The third-order valence-corrected chi connectivity index (χ3v) is 7.01. The van der Waals surface area contributed by atoms with Gasteiger partial charge in [-0.1, -0.05) is 24.3 Å². The number of pyridine rings is 1. The molecule has 32 heavy (non-hydrogen) atoms. The van der Waals surface area contributed by atoms with E-state index in [-0.39, 0.29) is 23.7 Å². The van der Waals surface area contributed by atoms with E-state index in [1.165, 1.54) is 6.20 Å². The van der Waals surface area contributed by atoms with Crippen LogP contribution in [0.4, 0.5) is 0 Å². The maximum atomic E-state index is 12.0. The lowest BCUT2D eigenvalue weighted by atomic mass is 10.1. The van der Waals surface area contributed by atoms with E-state index in [9.17, 15) is 9.35 Å². The molecule has 5 rings (SSSR count). The second-order valence-corrected chi connectivity index (χ2v) is 9.02. The second-order valence-electron chi connectivity index (χ2n) is 7.65. The highest BCUT2D eigenvalue weighted by Gasteiger charge is 2.37. The lowest BCUT2D eigenvalue weighted by Crippen LogP contribution is -2.21. The van der Waals surface area contributed by atoms with Crippen LogP contribution in [0.1, 0.15) is 46.4 Å². The van der Waals surface area contributed by atoms with Gasteiger partial charge in [-0.15, -0.1) is 0 Å². The van der Waals surface area contributed by atoms with E-state index in [0.29, 0.717) is 11.4 Å². The maximum Gasteiger partial charge on any atom is 0.266 e. The molecule has 2 heterocycles. The quantitative estimate of drug-likeness (QED) is 0.594. The fourth-order valence-corrected chi connectivity index (χ4v) is 5.21. The summed E-state index contributed by atoms with van der Waals surface area (Å²) in [6.45, 7) is 0. The molecule has 1 aliphatic heterocycles. The fourth-order valence-electron chi connectivity index (χ4n) is 4.06. The van der Waals surface area contributed by atoms with Gasteiger partial charge in [0.2, 0.25) is 5.88 Å². The zero-order valence-corrected chi connectivity index (χ0v) is 17.8. The predicted molar refractivity (Wildman–Crippen MR) is 117 cm³/mol. The van der Waals surface area contributed by atoms with Crippen molar-refractivity contribution in [2.24, 2.45) is 0 Å². The molecular formula is C24H19N3O4S. The van der Waals surface area contributed by atoms with Gasteiger partial charge in [0.1, 0.15) is 23.7 Å². The van der Waals surface area contributed by atoms with Crippen molar-refractivity contribution in [3.63, 3.8) is 0 Å². The number of nitriles is 1. The van der Waals surface area contributed by atoms with E-state index >= 15 is 0 Å². The minimum Gasteiger partial charge on any atom is -0.593 e. The largest absolute Gasteiger partial charge is 0.593 e. The van der Waals surface area contributed by atoms with Gasteiger partial charge in [0.15, 0.2) is 5.25 Å². The van der Waals surface area contributed by atoms with E-state index < -0.39 is 11.4 Å². The van der Waals surface area contributed by atoms with E-state index in [1.54, 1.807) is 12.1 Å². The molecule has 8 heteroatoms. The zero-order chi connectivity index (χ0) is 22.1. The summed E-state index contributed by atoms with van der Waals surface area (Å²) in [6, 6.07) is 18.7. The van der Waals surface area contributed by atoms with E-state index in [2.05, 4.69) is 9.71 Å². The van der Waals surface area contributed by atoms with Crippen molar-refractivity contribution in [1.29, 1.82) is 5.26 Å². The summed E-state index contributed by atoms with van der Waals surface area (Å²) >= 11 is -1.38. The lowest BCUT2D eigenvalue weighted by Gasteiger charge is -2.17. The van der Waals surface area contributed by atoms with Crippen LogP contribution in [0.3, 0.4) is 0 Å². The molecule has 2 aromatic carbocycles. The SMILES string of the molecule is N#Cc1ccc(Oc2cccc3c2CC[C@H]3Oc2ccc(C3CC(=O)N[S+]3[O-])cc2)nc1. The first kappa shape index (κ1) is 20.4. The Morgan fingerprint density at radius 2 is 2.00 bits per heavy atom. The third kappa shape index (κ3) is 4.00. The van der Waals surface area contributed by atoms with Crippen LogP contribution in [0.2, 0.25) is 0 Å². The highest BCUT2D eigenvalue weighted by atomic mass is 32.2. The van der Waals surface area contributed by atoms with Crippen molar-refractivity contribution in [1.82, 2.24) is 9.71 Å². The van der Waals surface area contributed by atoms with Gasteiger partial charge in [-0.2, -0.15) is 9.98 Å². The number of carbonyl (C=O) groups excluding carboxylic acids is 1. The predicted octanol–water partition coefficient (Wildman–Crippen LogP) is 4.04. The van der Waals surface area contributed by atoms with Gasteiger partial charge < -0.3 is 14.0 Å². The van der Waals surface area contributed by atoms with Gasteiger partial charge in [0, 0.05) is 23.4 Å². The Bertz CT molecular complexity index is 1190. The number of nitrogens with zero attached hydrogens (tertiary/aromatic N) is 2. The summed E-state index contributed by atoms with van der Waals surface area (Å²) < 4.78 is 26.7. The van der Waals surface area contributed by atoms with Crippen molar-refractivity contribution < 1.29 is 18.8 Å². The van der Waals surface area contributed by atoms with Crippen LogP contribution in [0.5, 0.6) is 17.4 Å². The Labute approximate surface area is 188 Å². The summed E-state index contributed by atoms with van der Waals surface area (Å²) in [7, 11) is 0. The van der Waals surface area contributed by atoms with Crippen LogP contribution in [-0.4, -0.2) is 15.4 Å². The molecular weight excluding hydrogens is 426 g/mol. The Kier molecular flexibility index (Phi) is 5.43. The number of carbonyl (C=O) groups is 1. The molecule has 1 amide bonds. The topological polar surface area (TPSA) is 107 Å². The molecule has 1 aromatic heterocycles. The van der Waals surface area contributed by atoms with E-state index in [4.69, 9.17) is 14.7 Å². The highest BCUT2D eigenvalue weighted by molar-refractivity contribution is 7.90. The molecule has 1 saturated heterocycles. The van der Waals surface area contributed by atoms with Crippen LogP contribution in [-0.2, 0) is 22.6 Å². The summed E-state index contributed by atoms with van der Waals surface area (Å²) in [6.07, 6.45) is 3.26. The number of nitrogens with one attached hydrogen (secondary N) is 1. The standard InChI is InChI=1S/C24H19N3O4S/c25-13-15-4-11-24(26-14-15)31-20-3-1-2-18-19(20)9-10-21(18)30-17-7-5-16(6-8-17)22-12-23(28)27-32(22)29/h1-8,11,14,21-22H,9-10,12H2,(H,27,28)/t21-,22?,32?/m1/s1. The number of hydrogen-bond donors (Lipinski definition) is 1. The summed E-state index contributed by atoms with van der Waals surface area (Å²) in [5.74, 6) is 1.71. The normalized spacial score (nSPS) is 21.5. The number of benzene rings is 2. The average molecular weight is 446 g/mol. The molecule has 2 unspecified atom stereocenters. The van der Waals surface area contributed by atoms with Gasteiger partial charge in [0.25, 0.3) is 5.91 Å². The molecule has 1 aliphatic carbocycles. The van der Waals surface area contributed by atoms with Crippen LogP contribution in [0, 0.1) is 11.3 Å². The second kappa shape index (κ2) is 8.54. The van der Waals surface area contributed by atoms with Gasteiger partial charge >= 0.3 is 0 Å². The zero-order valence-electron chi connectivity index (χ0n) is 17.0. The van der Waals surface area contributed by atoms with Crippen LogP contribution in [0.25, 0.3) is 0 Å². The van der Waals surface area contributed by atoms with Gasteiger partial charge in [-0.3, -0.25) is 4.79 Å². The molecule has 0 radical (unpaired) electrons. The van der Waals surface area contributed by atoms with E-state index in [1.807, 2.05) is 48.5 Å². The van der Waals surface area contributed by atoms with Crippen LogP contribution < -0.4 is 14.2 Å². The smallest absolute Gasteiger partial charge is 0.266 e. The minimum absolute atomic E-state index is 0.0998. The fraction of sp³-hybridized carbons (Fsp3) is 0.208. The molecule has 3 aromatic rings. The van der Waals surface area contributed by atoms with E-state index in [0.717, 1.165) is 41.0 Å². The van der Waals surface area contributed by atoms with Gasteiger partial charge in [-0.25, -0.2) is 4.98 Å². The molecule has 1 N–H and O–H groups in total. The third-order valence-electron chi connectivity index (χ3n) is 5.63. The van der Waals surface area contributed by atoms with Crippen LogP contribution in [0.15, 0.2) is 60.8 Å². The summed E-state index contributed by atoms with van der Waals surface area (Å²) in [5, 5.41) is 8.59. The lowest BCUT2D eigenvalue weighted by molar-refractivity contribution is -0.118. The Hall–Kier alpha value is -3.54. The first-order valence-electron chi connectivity index (χ1n) is 10.2. The van der Waals surface area contributed by atoms with Gasteiger partial charge in [-0.05, 0) is 42.7 Å². The van der Waals surface area contributed by atoms with Crippen molar-refractivity contribution >= 4 is 17.3 Å². The molecule has 0 bridgehead atoms. The molecule has 0 saturated carbocycles. The monoisotopic (exact) mass is 445 g/mol. The molecule has 2 aliphatic rings. The maximum absolute atomic E-state index is 12.0. The van der Waals surface area contributed by atoms with Gasteiger partial charge in [0.05, 0.1) is 23.3 Å².